The van der Waals surface area contributed by atoms with E-state index in [-0.39, 0.29) is 51.0 Å². The molecule has 0 radical (unpaired) electrons. The van der Waals surface area contributed by atoms with Crippen molar-refractivity contribution in [1.82, 2.24) is 9.80 Å². The Hall–Kier alpha value is -2.67. The quantitative estimate of drug-likeness (QED) is 0.0111. The van der Waals surface area contributed by atoms with E-state index in [1.165, 1.54) is 155 Å². The fourth-order valence-electron chi connectivity index (χ4n) is 6.44. The largest absolute Gasteiger partial charge is 0.463 e. The first-order valence-corrected chi connectivity index (χ1v) is 22.0. The molecule has 0 aliphatic heterocycles. The lowest BCUT2D eigenvalue weighted by Gasteiger charge is -2.23. The first-order chi connectivity index (χ1) is 27.3. The summed E-state index contributed by atoms with van der Waals surface area (Å²) in [5.74, 6) is -2.62. The van der Waals surface area contributed by atoms with Gasteiger partial charge in [0.2, 0.25) is 11.5 Å². The SMILES string of the molecule is C=C(OOC)C(=O)OCCN(CCOC(=O)C(=C)OOC)CC(=O)OCCN(CCCCCCCCCCCCCC)CCCCCCCCCCCCCC. The summed E-state index contributed by atoms with van der Waals surface area (Å²) in [6, 6.07) is 0. The van der Waals surface area contributed by atoms with Gasteiger partial charge in [0.25, 0.3) is 0 Å². The maximum absolute atomic E-state index is 13.0. The van der Waals surface area contributed by atoms with Crippen LogP contribution in [0, 0.1) is 0 Å². The highest BCUT2D eigenvalue weighted by atomic mass is 17.2. The number of rotatable bonds is 43. The van der Waals surface area contributed by atoms with Crippen LogP contribution in [0.2, 0.25) is 0 Å². The molecule has 0 spiro atoms. The summed E-state index contributed by atoms with van der Waals surface area (Å²) in [7, 11) is 2.49. The van der Waals surface area contributed by atoms with Crippen molar-refractivity contribution < 1.29 is 48.1 Å². The molecule has 0 fully saturated rings. The number of hydrogen-bond acceptors (Lipinski definition) is 12. The number of carbonyl (C=O) groups excluding carboxylic acids is 3. The van der Waals surface area contributed by atoms with Crippen molar-refractivity contribution in [2.75, 3.05) is 73.3 Å². The van der Waals surface area contributed by atoms with Crippen molar-refractivity contribution in [2.24, 2.45) is 0 Å². The minimum Gasteiger partial charge on any atom is -0.463 e. The summed E-state index contributed by atoms with van der Waals surface area (Å²) in [5.41, 5.74) is 0. The van der Waals surface area contributed by atoms with Crippen LogP contribution in [0.25, 0.3) is 0 Å². The molecule has 0 aromatic rings. The van der Waals surface area contributed by atoms with Gasteiger partial charge in [-0.3, -0.25) is 14.6 Å². The number of esters is 3. The summed E-state index contributed by atoms with van der Waals surface area (Å²) in [5, 5.41) is 0. The number of nitrogens with zero attached hydrogens (tertiary/aromatic N) is 2. The second-order valence-electron chi connectivity index (χ2n) is 14.7. The molecular formula is C44H82N2O10. The predicted octanol–water partition coefficient (Wildman–Crippen LogP) is 9.81. The number of hydrogen-bond donors (Lipinski definition) is 0. The molecule has 0 aliphatic carbocycles. The maximum Gasteiger partial charge on any atom is 0.377 e. The van der Waals surface area contributed by atoms with Gasteiger partial charge < -0.3 is 24.0 Å². The summed E-state index contributed by atoms with van der Waals surface area (Å²) in [6.07, 6.45) is 31.7. The molecule has 0 aromatic carbocycles. The van der Waals surface area contributed by atoms with Gasteiger partial charge in [-0.15, -0.1) is 0 Å². The molecule has 0 saturated carbocycles. The van der Waals surface area contributed by atoms with Crippen LogP contribution < -0.4 is 0 Å². The minimum atomic E-state index is -0.796. The highest BCUT2D eigenvalue weighted by Gasteiger charge is 2.18. The molecule has 0 amide bonds. The van der Waals surface area contributed by atoms with Gasteiger partial charge in [-0.05, 0) is 39.1 Å². The number of carbonyl (C=O) groups is 3. The van der Waals surface area contributed by atoms with E-state index in [4.69, 9.17) is 14.2 Å². The van der Waals surface area contributed by atoms with Crippen LogP contribution in [-0.2, 0) is 48.1 Å². The van der Waals surface area contributed by atoms with Crippen molar-refractivity contribution >= 4 is 17.9 Å². The summed E-state index contributed by atoms with van der Waals surface area (Å²) >= 11 is 0. The topological polar surface area (TPSA) is 122 Å². The summed E-state index contributed by atoms with van der Waals surface area (Å²) in [6.45, 7) is 14.5. The van der Waals surface area contributed by atoms with E-state index in [9.17, 15) is 14.4 Å². The van der Waals surface area contributed by atoms with Gasteiger partial charge in [-0.2, -0.15) is 9.78 Å². The molecular weight excluding hydrogens is 716 g/mol. The van der Waals surface area contributed by atoms with E-state index in [1.54, 1.807) is 4.90 Å². The Labute approximate surface area is 341 Å². The second kappa shape index (κ2) is 40.5. The Balaban J connectivity index is 4.84. The normalized spacial score (nSPS) is 11.2. The molecule has 328 valence electrons. The van der Waals surface area contributed by atoms with Gasteiger partial charge in [0, 0.05) is 19.6 Å². The lowest BCUT2D eigenvalue weighted by molar-refractivity contribution is -0.241. The zero-order valence-corrected chi connectivity index (χ0v) is 36.2. The molecule has 0 N–H and O–H groups in total. The monoisotopic (exact) mass is 799 g/mol. The van der Waals surface area contributed by atoms with Gasteiger partial charge in [0.15, 0.2) is 0 Å². The molecule has 0 bridgehead atoms. The van der Waals surface area contributed by atoms with E-state index in [1.807, 2.05) is 0 Å². The fraction of sp³-hybridized carbons (Fsp3) is 0.841. The second-order valence-corrected chi connectivity index (χ2v) is 14.7. The van der Waals surface area contributed by atoms with Crippen molar-refractivity contribution in [3.8, 4) is 0 Å². The maximum atomic E-state index is 13.0. The average molecular weight is 799 g/mol. The van der Waals surface area contributed by atoms with Gasteiger partial charge in [0.05, 0.1) is 20.8 Å². The van der Waals surface area contributed by atoms with Crippen LogP contribution in [-0.4, -0.2) is 101 Å². The fourth-order valence-corrected chi connectivity index (χ4v) is 6.44. The molecule has 0 rings (SSSR count). The Bertz CT molecular complexity index is 915. The van der Waals surface area contributed by atoms with E-state index in [0.717, 1.165) is 25.9 Å². The Morgan fingerprint density at radius 3 is 1.05 bits per heavy atom. The third kappa shape index (κ3) is 34.6. The van der Waals surface area contributed by atoms with Crippen LogP contribution in [0.5, 0.6) is 0 Å². The first-order valence-electron chi connectivity index (χ1n) is 22.0. The lowest BCUT2D eigenvalue weighted by Crippen LogP contribution is -2.38. The van der Waals surface area contributed by atoms with Crippen LogP contribution in [0.3, 0.4) is 0 Å². The zero-order chi connectivity index (χ0) is 41.3. The highest BCUT2D eigenvalue weighted by Crippen LogP contribution is 2.14. The molecule has 12 nitrogen and oxygen atoms in total. The van der Waals surface area contributed by atoms with Gasteiger partial charge in [-0.1, -0.05) is 155 Å². The Morgan fingerprint density at radius 2 is 0.714 bits per heavy atom. The van der Waals surface area contributed by atoms with E-state index >= 15 is 0 Å². The predicted molar refractivity (Wildman–Crippen MR) is 222 cm³/mol. The molecule has 12 heteroatoms. The van der Waals surface area contributed by atoms with E-state index in [0.29, 0.717) is 6.54 Å². The van der Waals surface area contributed by atoms with Crippen molar-refractivity contribution in [2.45, 2.75) is 168 Å². The van der Waals surface area contributed by atoms with Crippen LogP contribution in [0.15, 0.2) is 24.7 Å². The minimum absolute atomic E-state index is 0.0719. The van der Waals surface area contributed by atoms with Crippen molar-refractivity contribution in [1.29, 1.82) is 0 Å². The van der Waals surface area contributed by atoms with Crippen LogP contribution in [0.4, 0.5) is 0 Å². The first kappa shape index (κ1) is 53.3. The van der Waals surface area contributed by atoms with Crippen molar-refractivity contribution in [3.63, 3.8) is 0 Å². The molecule has 0 saturated heterocycles. The Kier molecular flexibility index (Phi) is 38.6. The third-order valence-electron chi connectivity index (χ3n) is 9.78. The zero-order valence-electron chi connectivity index (χ0n) is 36.2. The average Bonchev–Trinajstić information content (AvgIpc) is 3.18. The van der Waals surface area contributed by atoms with E-state index in [2.05, 4.69) is 51.5 Å². The number of ether oxygens (including phenoxy) is 3. The van der Waals surface area contributed by atoms with Crippen LogP contribution in [0.1, 0.15) is 168 Å². The lowest BCUT2D eigenvalue weighted by atomic mass is 10.0. The standard InChI is InChI=1S/C44H82N2O10/c1-7-9-11-13-15-17-19-21-23-25-27-29-31-45(32-30-28-26-24-22-20-18-16-14-12-10-8-2)33-36-52-42(47)39-46(34-37-53-43(48)40(3)55-50-5)35-38-54-44(49)41(4)56-51-6/h3-4,7-39H2,1-2,5-6H3. The molecule has 0 unspecified atom stereocenters. The Morgan fingerprint density at radius 1 is 0.411 bits per heavy atom. The third-order valence-corrected chi connectivity index (χ3v) is 9.78. The number of unbranched alkanes of at least 4 members (excludes halogenated alkanes) is 22. The molecule has 0 aromatic heterocycles. The van der Waals surface area contributed by atoms with Gasteiger partial charge >= 0.3 is 17.9 Å². The molecule has 0 heterocycles. The van der Waals surface area contributed by atoms with E-state index < -0.39 is 17.9 Å². The van der Waals surface area contributed by atoms with Crippen LogP contribution >= 0.6 is 0 Å². The molecule has 0 aliphatic rings. The van der Waals surface area contributed by atoms with Gasteiger partial charge in [-0.25, -0.2) is 9.59 Å². The smallest absolute Gasteiger partial charge is 0.377 e. The van der Waals surface area contributed by atoms with Crippen molar-refractivity contribution in [3.05, 3.63) is 24.7 Å². The summed E-state index contributed by atoms with van der Waals surface area (Å²) < 4.78 is 16.0. The highest BCUT2D eigenvalue weighted by molar-refractivity contribution is 5.85. The summed E-state index contributed by atoms with van der Waals surface area (Å²) in [4.78, 5) is 59.3. The molecule has 56 heavy (non-hydrogen) atoms. The molecule has 0 atom stereocenters. The van der Waals surface area contributed by atoms with Gasteiger partial charge in [0.1, 0.15) is 19.8 Å².